The van der Waals surface area contributed by atoms with E-state index in [2.05, 4.69) is 35.9 Å². The number of rotatable bonds is 2. The summed E-state index contributed by atoms with van der Waals surface area (Å²) in [6.45, 7) is 8.93. The van der Waals surface area contributed by atoms with Gasteiger partial charge in [0.2, 0.25) is 11.8 Å². The van der Waals surface area contributed by atoms with Crippen LogP contribution < -0.4 is 0 Å². The van der Waals surface area contributed by atoms with Gasteiger partial charge in [-0.2, -0.15) is 0 Å². The Balaban J connectivity index is 1.62. The fraction of sp³-hybridized carbons (Fsp3) is 0.857. The third-order valence-electron chi connectivity index (χ3n) is 4.36. The van der Waals surface area contributed by atoms with Crippen LogP contribution in [0, 0.1) is 11.8 Å². The summed E-state index contributed by atoms with van der Waals surface area (Å²) in [4.78, 5) is 2.33. The van der Waals surface area contributed by atoms with Gasteiger partial charge in [-0.1, -0.05) is 20.8 Å². The molecule has 2 aliphatic rings. The summed E-state index contributed by atoms with van der Waals surface area (Å²) in [5.41, 5.74) is -0.0943. The number of likely N-dealkylation sites (tertiary alicyclic amines) is 1. The van der Waals surface area contributed by atoms with E-state index in [1.807, 2.05) is 0 Å². The minimum atomic E-state index is -0.108. The number of nitrogens with zero attached hydrogens (tertiary/aromatic N) is 3. The maximum Gasteiger partial charge on any atom is 0.230 e. The lowest BCUT2D eigenvalue weighted by Crippen LogP contribution is -2.24. The number of aliphatic hydroxyl groups excluding tert-OH is 1. The number of aliphatic hydroxyl groups is 1. The van der Waals surface area contributed by atoms with Crippen LogP contribution in [0.25, 0.3) is 0 Å². The molecule has 106 valence electrons. The molecule has 0 radical (unpaired) electrons. The Hall–Kier alpha value is -0.940. The molecule has 0 aromatic carbocycles. The van der Waals surface area contributed by atoms with E-state index >= 15 is 0 Å². The molecule has 5 heteroatoms. The maximum absolute atomic E-state index is 9.92. The Kier molecular flexibility index (Phi) is 3.14. The first-order valence-electron chi connectivity index (χ1n) is 7.17. The lowest BCUT2D eigenvalue weighted by Gasteiger charge is -2.16. The molecule has 1 aliphatic heterocycles. The summed E-state index contributed by atoms with van der Waals surface area (Å²) in [6.07, 6.45) is 2.01. The summed E-state index contributed by atoms with van der Waals surface area (Å²) in [7, 11) is 0. The molecule has 1 saturated heterocycles. The van der Waals surface area contributed by atoms with E-state index in [0.29, 0.717) is 30.2 Å². The molecule has 1 saturated carbocycles. The van der Waals surface area contributed by atoms with Crippen LogP contribution in [-0.4, -0.2) is 39.4 Å². The minimum Gasteiger partial charge on any atom is -0.423 e. The maximum atomic E-state index is 9.92. The topological polar surface area (TPSA) is 62.4 Å². The lowest BCUT2D eigenvalue weighted by atomic mass is 9.97. The van der Waals surface area contributed by atoms with E-state index in [1.165, 1.54) is 0 Å². The Bertz CT molecular complexity index is 452. The van der Waals surface area contributed by atoms with E-state index in [9.17, 15) is 5.11 Å². The Morgan fingerprint density at radius 1 is 1.26 bits per heavy atom. The van der Waals surface area contributed by atoms with Gasteiger partial charge in [0.15, 0.2) is 0 Å². The Morgan fingerprint density at radius 2 is 2.05 bits per heavy atom. The van der Waals surface area contributed by atoms with E-state index in [1.54, 1.807) is 0 Å². The van der Waals surface area contributed by atoms with Gasteiger partial charge in [0.1, 0.15) is 0 Å². The van der Waals surface area contributed by atoms with Crippen molar-refractivity contribution in [2.45, 2.75) is 51.7 Å². The summed E-state index contributed by atoms with van der Waals surface area (Å²) < 4.78 is 5.73. The summed E-state index contributed by atoms with van der Waals surface area (Å²) in [5, 5.41) is 18.2. The van der Waals surface area contributed by atoms with Crippen LogP contribution in [-0.2, 0) is 12.0 Å². The van der Waals surface area contributed by atoms with Gasteiger partial charge in [0, 0.05) is 24.4 Å². The van der Waals surface area contributed by atoms with Gasteiger partial charge in [0.25, 0.3) is 0 Å². The number of fused-ring (bicyclic) bond motifs is 1. The largest absolute Gasteiger partial charge is 0.423 e. The van der Waals surface area contributed by atoms with Crippen molar-refractivity contribution in [3.8, 4) is 0 Å². The Morgan fingerprint density at radius 3 is 2.68 bits per heavy atom. The highest BCUT2D eigenvalue weighted by molar-refractivity contribution is 4.98. The zero-order chi connectivity index (χ0) is 13.6. The smallest absolute Gasteiger partial charge is 0.230 e. The van der Waals surface area contributed by atoms with Gasteiger partial charge in [-0.15, -0.1) is 10.2 Å². The van der Waals surface area contributed by atoms with Crippen molar-refractivity contribution >= 4 is 0 Å². The van der Waals surface area contributed by atoms with Crippen LogP contribution in [0.1, 0.15) is 45.4 Å². The molecule has 1 aliphatic carbocycles. The van der Waals surface area contributed by atoms with Gasteiger partial charge in [0.05, 0.1) is 12.6 Å². The SMILES string of the molecule is CC(C)(C)c1nnc(CN2CC3CCC(O)C3C2)o1. The number of hydrogen-bond donors (Lipinski definition) is 1. The molecule has 1 aromatic rings. The molecule has 0 amide bonds. The highest BCUT2D eigenvalue weighted by atomic mass is 16.4. The number of aromatic nitrogens is 2. The summed E-state index contributed by atoms with van der Waals surface area (Å²) in [5.74, 6) is 2.49. The second kappa shape index (κ2) is 4.56. The average molecular weight is 265 g/mol. The molecular weight excluding hydrogens is 242 g/mol. The van der Waals surface area contributed by atoms with Crippen LogP contribution in [0.5, 0.6) is 0 Å². The molecule has 3 rings (SSSR count). The zero-order valence-corrected chi connectivity index (χ0v) is 12.0. The van der Waals surface area contributed by atoms with Crippen LogP contribution >= 0.6 is 0 Å². The second-order valence-corrected chi connectivity index (χ2v) is 7.01. The molecule has 5 nitrogen and oxygen atoms in total. The van der Waals surface area contributed by atoms with Gasteiger partial charge in [-0.25, -0.2) is 0 Å². The summed E-state index contributed by atoms with van der Waals surface area (Å²) >= 11 is 0. The molecule has 2 heterocycles. The molecule has 19 heavy (non-hydrogen) atoms. The van der Waals surface area contributed by atoms with Crippen LogP contribution in [0.4, 0.5) is 0 Å². The first-order chi connectivity index (χ1) is 8.93. The minimum absolute atomic E-state index is 0.0943. The fourth-order valence-corrected chi connectivity index (χ4v) is 3.27. The predicted molar refractivity (Wildman–Crippen MR) is 70.5 cm³/mol. The summed E-state index contributed by atoms with van der Waals surface area (Å²) in [6, 6.07) is 0. The first-order valence-corrected chi connectivity index (χ1v) is 7.17. The third-order valence-corrected chi connectivity index (χ3v) is 4.36. The monoisotopic (exact) mass is 265 g/mol. The normalized spacial score (nSPS) is 31.9. The fourth-order valence-electron chi connectivity index (χ4n) is 3.27. The van der Waals surface area contributed by atoms with Crippen molar-refractivity contribution in [2.75, 3.05) is 13.1 Å². The lowest BCUT2D eigenvalue weighted by molar-refractivity contribution is 0.122. The van der Waals surface area contributed by atoms with Crippen molar-refractivity contribution in [1.29, 1.82) is 0 Å². The van der Waals surface area contributed by atoms with E-state index < -0.39 is 0 Å². The quantitative estimate of drug-likeness (QED) is 0.879. The van der Waals surface area contributed by atoms with Crippen molar-refractivity contribution in [3.05, 3.63) is 11.8 Å². The molecular formula is C14H23N3O2. The molecule has 3 unspecified atom stereocenters. The number of hydrogen-bond acceptors (Lipinski definition) is 5. The van der Waals surface area contributed by atoms with E-state index in [-0.39, 0.29) is 11.5 Å². The third kappa shape index (κ3) is 2.54. The van der Waals surface area contributed by atoms with Gasteiger partial charge >= 0.3 is 0 Å². The molecule has 2 fully saturated rings. The van der Waals surface area contributed by atoms with Gasteiger partial charge in [-0.3, -0.25) is 4.90 Å². The van der Waals surface area contributed by atoms with Crippen molar-refractivity contribution < 1.29 is 9.52 Å². The predicted octanol–water partition coefficient (Wildman–Crippen LogP) is 1.57. The highest BCUT2D eigenvalue weighted by Gasteiger charge is 2.42. The zero-order valence-electron chi connectivity index (χ0n) is 12.0. The van der Waals surface area contributed by atoms with E-state index in [4.69, 9.17) is 4.42 Å². The van der Waals surface area contributed by atoms with Gasteiger partial charge < -0.3 is 9.52 Å². The molecule has 1 N–H and O–H groups in total. The highest BCUT2D eigenvalue weighted by Crippen LogP contribution is 2.38. The van der Waals surface area contributed by atoms with Crippen molar-refractivity contribution in [2.24, 2.45) is 11.8 Å². The van der Waals surface area contributed by atoms with Crippen LogP contribution in [0.2, 0.25) is 0 Å². The van der Waals surface area contributed by atoms with Crippen molar-refractivity contribution in [3.63, 3.8) is 0 Å². The van der Waals surface area contributed by atoms with Crippen LogP contribution in [0.3, 0.4) is 0 Å². The van der Waals surface area contributed by atoms with Gasteiger partial charge in [-0.05, 0) is 18.8 Å². The molecule has 0 spiro atoms. The second-order valence-electron chi connectivity index (χ2n) is 7.01. The first kappa shape index (κ1) is 13.1. The average Bonchev–Trinajstić information content (AvgIpc) is 2.97. The Labute approximate surface area is 114 Å². The van der Waals surface area contributed by atoms with Crippen molar-refractivity contribution in [1.82, 2.24) is 15.1 Å². The molecule has 1 aromatic heterocycles. The molecule has 3 atom stereocenters. The standard InChI is InChI=1S/C14H23N3O2/c1-14(2,3)13-16-15-12(19-13)8-17-6-9-4-5-11(18)10(9)7-17/h9-11,18H,4-8H2,1-3H3. The molecule has 0 bridgehead atoms. The van der Waals surface area contributed by atoms with Crippen LogP contribution in [0.15, 0.2) is 4.42 Å². The van der Waals surface area contributed by atoms with E-state index in [0.717, 1.165) is 25.9 Å².